The van der Waals surface area contributed by atoms with Crippen molar-refractivity contribution in [3.8, 4) is 0 Å². The van der Waals surface area contributed by atoms with Gasteiger partial charge in [0.2, 0.25) is 0 Å². The molecule has 0 radical (unpaired) electrons. The summed E-state index contributed by atoms with van der Waals surface area (Å²) < 4.78 is 0. The van der Waals surface area contributed by atoms with Crippen LogP contribution in [0.25, 0.3) is 0 Å². The summed E-state index contributed by atoms with van der Waals surface area (Å²) in [5, 5.41) is 11.6. The van der Waals surface area contributed by atoms with E-state index in [2.05, 4.69) is 70.5 Å². The fraction of sp³-hybridized carbons (Fsp3) is 0.400. The minimum absolute atomic E-state index is 0.175. The normalized spacial score (nSPS) is 41.2. The molecule has 4 saturated heterocycles. The molecule has 4 fully saturated rings. The Morgan fingerprint density at radius 2 is 1.09 bits per heavy atom. The number of benzene rings is 2. The molecule has 118 valence electrons. The van der Waals surface area contributed by atoms with Gasteiger partial charge in [0.15, 0.2) is 0 Å². The second-order valence-electron chi connectivity index (χ2n) is 7.56. The van der Waals surface area contributed by atoms with Gasteiger partial charge >= 0.3 is 0 Å². The van der Waals surface area contributed by atoms with E-state index in [1.54, 1.807) is 0 Å². The fourth-order valence-electron chi connectivity index (χ4n) is 5.39. The predicted molar refractivity (Wildman–Crippen MR) is 90.3 cm³/mol. The Morgan fingerprint density at radius 3 is 1.48 bits per heavy atom. The second-order valence-corrected chi connectivity index (χ2v) is 7.56. The number of hydrogen-bond acceptors (Lipinski definition) is 3. The molecule has 0 saturated carbocycles. The SMILES string of the molecule is OC1C2(c3ccccc3)CN3CN(C2)CC1(c1ccccc1)C3. The van der Waals surface area contributed by atoms with Crippen LogP contribution in [-0.4, -0.2) is 53.9 Å². The Hall–Kier alpha value is -1.68. The van der Waals surface area contributed by atoms with Crippen LogP contribution in [0, 0.1) is 0 Å². The van der Waals surface area contributed by atoms with Crippen LogP contribution < -0.4 is 0 Å². The van der Waals surface area contributed by atoms with Crippen LogP contribution in [-0.2, 0) is 10.8 Å². The number of hydrogen-bond donors (Lipinski definition) is 1. The van der Waals surface area contributed by atoms with Crippen LogP contribution in [0.15, 0.2) is 60.7 Å². The molecule has 4 aliphatic heterocycles. The summed E-state index contributed by atoms with van der Waals surface area (Å²) in [6.07, 6.45) is -0.340. The Bertz CT molecular complexity index is 641. The molecule has 0 unspecified atom stereocenters. The van der Waals surface area contributed by atoms with Gasteiger partial charge in [-0.3, -0.25) is 9.80 Å². The van der Waals surface area contributed by atoms with E-state index in [4.69, 9.17) is 0 Å². The van der Waals surface area contributed by atoms with E-state index >= 15 is 0 Å². The Labute approximate surface area is 137 Å². The van der Waals surface area contributed by atoms with Crippen molar-refractivity contribution in [2.24, 2.45) is 0 Å². The maximum absolute atomic E-state index is 11.6. The molecule has 4 bridgehead atoms. The summed E-state index contributed by atoms with van der Waals surface area (Å²) in [6, 6.07) is 21.3. The third-order valence-electron chi connectivity index (χ3n) is 6.17. The second kappa shape index (κ2) is 4.67. The summed E-state index contributed by atoms with van der Waals surface area (Å²) in [5.41, 5.74) is 2.21. The highest BCUT2D eigenvalue weighted by Crippen LogP contribution is 2.51. The van der Waals surface area contributed by atoms with Crippen molar-refractivity contribution in [1.82, 2.24) is 9.80 Å². The minimum atomic E-state index is -0.340. The van der Waals surface area contributed by atoms with E-state index in [0.717, 1.165) is 32.8 Å². The first kappa shape index (κ1) is 13.7. The number of piperidine rings is 2. The molecule has 4 heterocycles. The molecule has 6 rings (SSSR count). The molecular formula is C20H22N2O. The van der Waals surface area contributed by atoms with Gasteiger partial charge < -0.3 is 5.11 Å². The molecular weight excluding hydrogens is 284 g/mol. The quantitative estimate of drug-likeness (QED) is 0.917. The molecule has 2 aromatic carbocycles. The summed E-state index contributed by atoms with van der Waals surface area (Å²) >= 11 is 0. The number of aliphatic hydroxyl groups is 1. The summed E-state index contributed by atoms with van der Waals surface area (Å²) in [4.78, 5) is 5.06. The van der Waals surface area contributed by atoms with Gasteiger partial charge in [0.05, 0.1) is 12.8 Å². The van der Waals surface area contributed by atoms with E-state index in [1.165, 1.54) is 11.1 Å². The standard InChI is InChI=1S/C20H22N2O/c23-18-19(16-7-3-1-4-8-16)11-21-13-20(18,14-22(12-19)15-21)17-9-5-2-6-10-17/h1-10,18,23H,11-15H2. The molecule has 3 nitrogen and oxygen atoms in total. The summed E-state index contributed by atoms with van der Waals surface area (Å²) in [6.45, 7) is 4.88. The van der Waals surface area contributed by atoms with E-state index in [1.807, 2.05) is 0 Å². The fourth-order valence-corrected chi connectivity index (χ4v) is 5.39. The van der Waals surface area contributed by atoms with Crippen molar-refractivity contribution in [3.05, 3.63) is 71.8 Å². The van der Waals surface area contributed by atoms with Gasteiger partial charge in [0, 0.05) is 37.0 Å². The number of nitrogens with zero attached hydrogens (tertiary/aromatic N) is 2. The van der Waals surface area contributed by atoms with E-state index < -0.39 is 0 Å². The smallest absolute Gasteiger partial charge is 0.0782 e. The van der Waals surface area contributed by atoms with Gasteiger partial charge in [-0.1, -0.05) is 60.7 Å². The minimum Gasteiger partial charge on any atom is -0.391 e. The molecule has 0 atom stereocenters. The lowest BCUT2D eigenvalue weighted by Gasteiger charge is -2.67. The first-order valence-electron chi connectivity index (χ1n) is 8.47. The number of aliphatic hydroxyl groups excluding tert-OH is 1. The van der Waals surface area contributed by atoms with Crippen LogP contribution in [0.2, 0.25) is 0 Å². The highest BCUT2D eigenvalue weighted by molar-refractivity contribution is 5.41. The Kier molecular flexibility index (Phi) is 2.79. The zero-order chi connectivity index (χ0) is 15.5. The van der Waals surface area contributed by atoms with Crippen molar-refractivity contribution < 1.29 is 5.11 Å². The molecule has 4 aliphatic rings. The van der Waals surface area contributed by atoms with Crippen LogP contribution in [0.1, 0.15) is 11.1 Å². The van der Waals surface area contributed by atoms with Gasteiger partial charge in [-0.2, -0.15) is 0 Å². The topological polar surface area (TPSA) is 26.7 Å². The van der Waals surface area contributed by atoms with Crippen molar-refractivity contribution >= 4 is 0 Å². The zero-order valence-corrected chi connectivity index (χ0v) is 13.2. The average Bonchev–Trinajstić information content (AvgIpc) is 2.60. The zero-order valence-electron chi connectivity index (χ0n) is 13.2. The molecule has 0 aromatic heterocycles. The Morgan fingerprint density at radius 1 is 0.696 bits per heavy atom. The van der Waals surface area contributed by atoms with Crippen LogP contribution in [0.3, 0.4) is 0 Å². The summed E-state index contributed by atoms with van der Waals surface area (Å²) in [5.74, 6) is 0. The first-order chi connectivity index (χ1) is 11.2. The van der Waals surface area contributed by atoms with Crippen molar-refractivity contribution in [2.45, 2.75) is 16.9 Å². The van der Waals surface area contributed by atoms with E-state index in [0.29, 0.717) is 0 Å². The highest BCUT2D eigenvalue weighted by atomic mass is 16.3. The van der Waals surface area contributed by atoms with E-state index in [-0.39, 0.29) is 16.9 Å². The third kappa shape index (κ3) is 1.76. The maximum Gasteiger partial charge on any atom is 0.0782 e. The van der Waals surface area contributed by atoms with Gasteiger partial charge in [0.25, 0.3) is 0 Å². The molecule has 0 aliphatic carbocycles. The average molecular weight is 306 g/mol. The first-order valence-corrected chi connectivity index (χ1v) is 8.47. The lowest BCUT2D eigenvalue weighted by atomic mass is 9.55. The van der Waals surface area contributed by atoms with E-state index in [9.17, 15) is 5.11 Å². The molecule has 0 amide bonds. The summed E-state index contributed by atoms with van der Waals surface area (Å²) in [7, 11) is 0. The van der Waals surface area contributed by atoms with Gasteiger partial charge in [-0.15, -0.1) is 0 Å². The molecule has 23 heavy (non-hydrogen) atoms. The molecule has 1 N–H and O–H groups in total. The van der Waals surface area contributed by atoms with Gasteiger partial charge in [-0.25, -0.2) is 0 Å². The lowest BCUT2D eigenvalue weighted by molar-refractivity contribution is -0.175. The van der Waals surface area contributed by atoms with Crippen LogP contribution >= 0.6 is 0 Å². The molecule has 0 spiro atoms. The monoisotopic (exact) mass is 306 g/mol. The number of rotatable bonds is 2. The predicted octanol–water partition coefficient (Wildman–Crippen LogP) is 1.83. The van der Waals surface area contributed by atoms with Gasteiger partial charge in [0.1, 0.15) is 0 Å². The van der Waals surface area contributed by atoms with Crippen molar-refractivity contribution in [3.63, 3.8) is 0 Å². The Balaban J connectivity index is 1.68. The lowest BCUT2D eigenvalue weighted by Crippen LogP contribution is -2.80. The van der Waals surface area contributed by atoms with Crippen molar-refractivity contribution in [1.29, 1.82) is 0 Å². The largest absolute Gasteiger partial charge is 0.391 e. The van der Waals surface area contributed by atoms with Crippen LogP contribution in [0.5, 0.6) is 0 Å². The maximum atomic E-state index is 11.6. The molecule has 3 heteroatoms. The molecule has 2 aromatic rings. The van der Waals surface area contributed by atoms with Crippen LogP contribution in [0.4, 0.5) is 0 Å². The van der Waals surface area contributed by atoms with Crippen molar-refractivity contribution in [2.75, 3.05) is 32.8 Å². The van der Waals surface area contributed by atoms with Gasteiger partial charge in [-0.05, 0) is 11.1 Å². The highest BCUT2D eigenvalue weighted by Gasteiger charge is 2.63. The third-order valence-corrected chi connectivity index (χ3v) is 6.17.